The Morgan fingerprint density at radius 3 is 2.68 bits per heavy atom. The minimum absolute atomic E-state index is 0.00791. The number of hydrogen-bond acceptors (Lipinski definition) is 6. The number of aromatic nitrogens is 2. The Bertz CT molecular complexity index is 1560. The van der Waals surface area contributed by atoms with Crippen molar-refractivity contribution in [3.63, 3.8) is 0 Å². The van der Waals surface area contributed by atoms with Crippen molar-refractivity contribution in [3.8, 4) is 11.4 Å². The van der Waals surface area contributed by atoms with Crippen molar-refractivity contribution in [1.82, 2.24) is 14.9 Å². The van der Waals surface area contributed by atoms with E-state index >= 15 is 0 Å². The minimum atomic E-state index is -0.467. The molecule has 0 saturated heterocycles. The number of aliphatic hydroxyl groups is 1. The molecule has 0 radical (unpaired) electrons. The summed E-state index contributed by atoms with van der Waals surface area (Å²) >= 11 is 5.10. The first-order chi connectivity index (χ1) is 18.4. The highest BCUT2D eigenvalue weighted by Gasteiger charge is 2.37. The molecule has 2 unspecified atom stereocenters. The van der Waals surface area contributed by atoms with E-state index < -0.39 is 5.92 Å². The molecule has 2 N–H and O–H groups in total. The Morgan fingerprint density at radius 2 is 2.03 bits per heavy atom. The average molecular weight is 536 g/mol. The highest BCUT2D eigenvalue weighted by atomic mass is 32.1. The molecule has 2 aliphatic carbocycles. The van der Waals surface area contributed by atoms with Gasteiger partial charge in [0.25, 0.3) is 5.56 Å². The summed E-state index contributed by atoms with van der Waals surface area (Å²) in [5.41, 5.74) is 8.19. The van der Waals surface area contributed by atoms with Crippen molar-refractivity contribution in [1.29, 1.82) is 0 Å². The van der Waals surface area contributed by atoms with Crippen LogP contribution in [0.15, 0.2) is 16.9 Å². The maximum atomic E-state index is 14.8. The van der Waals surface area contributed by atoms with Crippen LogP contribution in [0.1, 0.15) is 77.9 Å². The molecular formula is C29H30FN3O4S. The predicted molar refractivity (Wildman–Crippen MR) is 146 cm³/mol. The standard InChI is InChI=1S/C25H22FN3O3S.C4H8O/c1-3-12-14-6-20-23-15(8-29(20)24(30)16(14)9-32-25(12)31)22-18(27-10-33)5-4-13-11(2)17(26)7-19(28-23)21(13)22;5-3-4-1-2-4/h6-7,10,12,18H,3-5,8-9H2,1-2H3,(H,27,33);4-5H,1-3H2. The zero-order chi connectivity index (χ0) is 26.7. The molecule has 2 atom stereocenters. The van der Waals surface area contributed by atoms with Gasteiger partial charge in [0.2, 0.25) is 0 Å². The van der Waals surface area contributed by atoms with Crippen LogP contribution in [0.2, 0.25) is 0 Å². The van der Waals surface area contributed by atoms with Crippen LogP contribution in [0.3, 0.4) is 0 Å². The number of aryl methyl sites for hydroxylation is 1. The number of pyridine rings is 2. The van der Waals surface area contributed by atoms with E-state index in [-0.39, 0.29) is 30.0 Å². The van der Waals surface area contributed by atoms with Gasteiger partial charge in [0, 0.05) is 23.6 Å². The fourth-order valence-corrected chi connectivity index (χ4v) is 6.29. The lowest BCUT2D eigenvalue weighted by molar-refractivity contribution is -0.148. The minimum Gasteiger partial charge on any atom is -0.460 e. The molecule has 9 heteroatoms. The number of thiocarbonyl (C=S) groups is 1. The van der Waals surface area contributed by atoms with Gasteiger partial charge in [-0.15, -0.1) is 0 Å². The first-order valence-electron chi connectivity index (χ1n) is 13.3. The number of aliphatic hydroxyl groups excluding tert-OH is 1. The normalized spacial score (nSPS) is 20.6. The molecule has 1 aromatic carbocycles. The molecule has 0 bridgehead atoms. The highest BCUT2D eigenvalue weighted by Crippen LogP contribution is 2.45. The van der Waals surface area contributed by atoms with E-state index in [2.05, 4.69) is 5.32 Å². The summed E-state index contributed by atoms with van der Waals surface area (Å²) < 4.78 is 21.8. The summed E-state index contributed by atoms with van der Waals surface area (Å²) in [5.74, 6) is -0.352. The second kappa shape index (κ2) is 9.54. The topological polar surface area (TPSA) is 93.5 Å². The molecule has 1 saturated carbocycles. The van der Waals surface area contributed by atoms with Crippen molar-refractivity contribution in [3.05, 3.63) is 61.7 Å². The number of carbonyl (C=O) groups excluding carboxylic acids is 1. The number of esters is 1. The van der Waals surface area contributed by atoms with Crippen LogP contribution in [0.25, 0.3) is 22.3 Å². The van der Waals surface area contributed by atoms with Gasteiger partial charge < -0.3 is 19.7 Å². The van der Waals surface area contributed by atoms with Crippen molar-refractivity contribution in [2.75, 3.05) is 6.61 Å². The predicted octanol–water partition coefficient (Wildman–Crippen LogP) is 4.35. The lowest BCUT2D eigenvalue weighted by atomic mass is 9.82. The number of ether oxygens (including phenoxy) is 1. The van der Waals surface area contributed by atoms with Gasteiger partial charge in [-0.3, -0.25) is 9.59 Å². The van der Waals surface area contributed by atoms with Crippen molar-refractivity contribution >= 4 is 34.6 Å². The SMILES string of the molecule is CCC1C(=O)OCc2c1cc1n(c2=O)Cc2c-1nc1cc(F)c(C)c3c1c2C(NC=S)CC3.OCC1CC1. The Balaban J connectivity index is 0.000000476. The number of nitrogens with zero attached hydrogens (tertiary/aromatic N) is 2. The van der Waals surface area contributed by atoms with Crippen molar-refractivity contribution < 1.29 is 19.0 Å². The molecule has 0 amide bonds. The van der Waals surface area contributed by atoms with Crippen LogP contribution in [0.5, 0.6) is 0 Å². The number of fused-ring (bicyclic) bond motifs is 5. The number of benzene rings is 1. The zero-order valence-corrected chi connectivity index (χ0v) is 22.3. The number of cyclic esters (lactones) is 1. The van der Waals surface area contributed by atoms with Crippen LogP contribution in [-0.2, 0) is 29.1 Å². The molecule has 3 aromatic rings. The van der Waals surface area contributed by atoms with Crippen LogP contribution >= 0.6 is 12.2 Å². The molecule has 38 heavy (non-hydrogen) atoms. The maximum absolute atomic E-state index is 14.8. The fraction of sp³-hybridized carbons (Fsp3) is 0.448. The van der Waals surface area contributed by atoms with Gasteiger partial charge in [0.05, 0.1) is 46.5 Å². The smallest absolute Gasteiger partial charge is 0.313 e. The highest BCUT2D eigenvalue weighted by molar-refractivity contribution is 7.78. The molecule has 2 aromatic heterocycles. The lowest BCUT2D eigenvalue weighted by Gasteiger charge is -2.29. The summed E-state index contributed by atoms with van der Waals surface area (Å²) in [5, 5.41) is 12.5. The van der Waals surface area contributed by atoms with Gasteiger partial charge in [-0.25, -0.2) is 9.37 Å². The molecule has 4 aliphatic rings. The molecule has 2 aliphatic heterocycles. The van der Waals surface area contributed by atoms with E-state index in [1.165, 1.54) is 24.4 Å². The second-order valence-corrected chi connectivity index (χ2v) is 10.9. The molecule has 0 spiro atoms. The molecular weight excluding hydrogens is 505 g/mol. The van der Waals surface area contributed by atoms with Crippen LogP contribution < -0.4 is 10.9 Å². The largest absolute Gasteiger partial charge is 0.460 e. The van der Waals surface area contributed by atoms with E-state index in [4.69, 9.17) is 27.0 Å². The lowest BCUT2D eigenvalue weighted by Crippen LogP contribution is -2.32. The van der Waals surface area contributed by atoms with E-state index in [1.807, 2.05) is 19.9 Å². The van der Waals surface area contributed by atoms with Crippen LogP contribution in [-0.4, -0.2) is 32.7 Å². The molecule has 7 rings (SSSR count). The van der Waals surface area contributed by atoms with E-state index in [0.29, 0.717) is 53.5 Å². The van der Waals surface area contributed by atoms with E-state index in [9.17, 15) is 14.0 Å². The monoisotopic (exact) mass is 535 g/mol. The molecule has 4 heterocycles. The van der Waals surface area contributed by atoms with Gasteiger partial charge in [0.15, 0.2) is 0 Å². The number of carbonyl (C=O) groups is 1. The Kier molecular flexibility index (Phi) is 6.31. The molecule has 198 valence electrons. The van der Waals surface area contributed by atoms with Crippen molar-refractivity contribution in [2.45, 2.75) is 71.1 Å². The Labute approximate surface area is 225 Å². The quantitative estimate of drug-likeness (QED) is 0.297. The summed E-state index contributed by atoms with van der Waals surface area (Å²) in [6.07, 6.45) is 4.57. The zero-order valence-electron chi connectivity index (χ0n) is 21.5. The summed E-state index contributed by atoms with van der Waals surface area (Å²) in [4.78, 5) is 30.7. The number of hydrogen-bond donors (Lipinski definition) is 2. The molecule has 1 fully saturated rings. The van der Waals surface area contributed by atoms with Gasteiger partial charge >= 0.3 is 5.97 Å². The van der Waals surface area contributed by atoms with Crippen molar-refractivity contribution in [2.24, 2.45) is 5.92 Å². The third-order valence-corrected chi connectivity index (χ3v) is 8.56. The van der Waals surface area contributed by atoms with E-state index in [0.717, 1.165) is 40.5 Å². The maximum Gasteiger partial charge on any atom is 0.313 e. The number of halogens is 1. The Morgan fingerprint density at radius 1 is 1.24 bits per heavy atom. The van der Waals surface area contributed by atoms with Gasteiger partial charge in [-0.2, -0.15) is 0 Å². The fourth-order valence-electron chi connectivity index (χ4n) is 6.13. The number of nitrogens with one attached hydrogen (secondary N) is 1. The summed E-state index contributed by atoms with van der Waals surface area (Å²) in [6.45, 7) is 4.50. The van der Waals surface area contributed by atoms with Gasteiger partial charge in [-0.1, -0.05) is 19.1 Å². The van der Waals surface area contributed by atoms with Gasteiger partial charge in [-0.05, 0) is 73.3 Å². The van der Waals surface area contributed by atoms with E-state index in [1.54, 1.807) is 4.57 Å². The third kappa shape index (κ3) is 3.86. The third-order valence-electron chi connectivity index (χ3n) is 8.42. The summed E-state index contributed by atoms with van der Waals surface area (Å²) in [6, 6.07) is 3.37. The van der Waals surface area contributed by atoms with Crippen LogP contribution in [0, 0.1) is 18.7 Å². The Hall–Kier alpha value is -3.17. The van der Waals surface area contributed by atoms with Gasteiger partial charge in [0.1, 0.15) is 12.4 Å². The average Bonchev–Trinajstić information content (AvgIpc) is 3.69. The molecule has 7 nitrogen and oxygen atoms in total. The van der Waals surface area contributed by atoms with Crippen LogP contribution in [0.4, 0.5) is 4.39 Å². The first kappa shape index (κ1) is 25.1. The first-order valence-corrected chi connectivity index (χ1v) is 13.7. The number of rotatable bonds is 4. The summed E-state index contributed by atoms with van der Waals surface area (Å²) in [7, 11) is 0. The second-order valence-electron chi connectivity index (χ2n) is 10.6.